The van der Waals surface area contributed by atoms with Crippen LogP contribution in [0.5, 0.6) is 0 Å². The zero-order valence-corrected chi connectivity index (χ0v) is 23.7. The number of rotatable bonds is 11. The summed E-state index contributed by atoms with van der Waals surface area (Å²) in [5, 5.41) is 10.9. The molecule has 0 saturated carbocycles. The van der Waals surface area contributed by atoms with Gasteiger partial charge in [0.1, 0.15) is 17.1 Å². The first kappa shape index (κ1) is 28.1. The van der Waals surface area contributed by atoms with E-state index in [1.165, 1.54) is 6.39 Å². The van der Waals surface area contributed by atoms with Gasteiger partial charge in [0.05, 0.1) is 18.7 Å². The summed E-state index contributed by atoms with van der Waals surface area (Å²) in [6.07, 6.45) is 4.75. The van der Waals surface area contributed by atoms with Crippen molar-refractivity contribution in [3.8, 4) is 12.0 Å². The molecule has 41 heavy (non-hydrogen) atoms. The highest BCUT2D eigenvalue weighted by Crippen LogP contribution is 2.21. The molecule has 1 aliphatic rings. The molecule has 5 rings (SSSR count). The zero-order chi connectivity index (χ0) is 28.6. The normalized spacial score (nSPS) is 14.6. The van der Waals surface area contributed by atoms with Gasteiger partial charge in [-0.1, -0.05) is 0 Å². The van der Waals surface area contributed by atoms with Crippen LogP contribution in [0, 0.1) is 12.0 Å². The first-order valence-corrected chi connectivity index (χ1v) is 14.0. The summed E-state index contributed by atoms with van der Waals surface area (Å²) < 4.78 is 12.4. The summed E-state index contributed by atoms with van der Waals surface area (Å²) in [6.45, 7) is 8.26. The summed E-state index contributed by atoms with van der Waals surface area (Å²) in [7, 11) is 1.63. The molecule has 1 unspecified atom stereocenters. The van der Waals surface area contributed by atoms with Crippen molar-refractivity contribution in [2.75, 3.05) is 50.5 Å². The summed E-state index contributed by atoms with van der Waals surface area (Å²) in [5.74, 6) is 4.11. The molecule has 1 aromatic carbocycles. The Balaban J connectivity index is 1.48. The van der Waals surface area contributed by atoms with Crippen LogP contribution in [0.4, 0.5) is 17.3 Å². The third-order valence-electron chi connectivity index (χ3n) is 7.08. The van der Waals surface area contributed by atoms with Gasteiger partial charge in [0, 0.05) is 68.2 Å². The Morgan fingerprint density at radius 2 is 2.00 bits per heavy atom. The maximum absolute atomic E-state index is 13.7. The van der Waals surface area contributed by atoms with Gasteiger partial charge in [-0.2, -0.15) is 4.98 Å². The molecule has 3 aromatic heterocycles. The maximum atomic E-state index is 13.7. The van der Waals surface area contributed by atoms with Crippen LogP contribution in [0.3, 0.4) is 0 Å². The summed E-state index contributed by atoms with van der Waals surface area (Å²) >= 11 is 0. The van der Waals surface area contributed by atoms with Crippen LogP contribution in [-0.4, -0.2) is 70.4 Å². The minimum absolute atomic E-state index is 0.179. The van der Waals surface area contributed by atoms with Gasteiger partial charge in [-0.3, -0.25) is 9.36 Å². The molecule has 4 aromatic rings. The third-order valence-corrected chi connectivity index (χ3v) is 7.08. The molecule has 11 heteroatoms. The number of fused-ring (bicyclic) bond motifs is 1. The molecule has 3 N–H and O–H groups in total. The van der Waals surface area contributed by atoms with Crippen molar-refractivity contribution in [3.63, 3.8) is 0 Å². The van der Waals surface area contributed by atoms with Gasteiger partial charge >= 0.3 is 0 Å². The van der Waals surface area contributed by atoms with Crippen LogP contribution >= 0.6 is 0 Å². The van der Waals surface area contributed by atoms with Gasteiger partial charge in [0.25, 0.3) is 5.56 Å². The van der Waals surface area contributed by atoms with Crippen molar-refractivity contribution in [1.82, 2.24) is 29.7 Å². The van der Waals surface area contributed by atoms with Crippen molar-refractivity contribution in [2.45, 2.75) is 39.3 Å². The smallest absolute Gasteiger partial charge is 0.268 e. The molecule has 11 nitrogen and oxygen atoms in total. The van der Waals surface area contributed by atoms with Crippen LogP contribution in [0.2, 0.25) is 0 Å². The topological polar surface area (TPSA) is 122 Å². The number of pyridine rings is 1. The highest BCUT2D eigenvalue weighted by Gasteiger charge is 2.17. The summed E-state index contributed by atoms with van der Waals surface area (Å²) in [5.41, 5.74) is 3.15. The monoisotopic (exact) mass is 556 g/mol. The lowest BCUT2D eigenvalue weighted by Gasteiger charge is -2.14. The zero-order valence-electron chi connectivity index (χ0n) is 23.7. The SMILES string of the molecule is CCN(C#Cc1cc2cnc(Nc3ccc(NC4CCNC4)cc3)nc2n(Cc2ncoc2CCOC)c1=O)CC. The second-order valence-corrected chi connectivity index (χ2v) is 9.83. The number of aromatic nitrogens is 4. The summed E-state index contributed by atoms with van der Waals surface area (Å²) in [4.78, 5) is 29.4. The van der Waals surface area contributed by atoms with Crippen molar-refractivity contribution in [2.24, 2.45) is 0 Å². The maximum Gasteiger partial charge on any atom is 0.268 e. The molecule has 0 bridgehead atoms. The van der Waals surface area contributed by atoms with Crippen molar-refractivity contribution < 1.29 is 9.15 Å². The Hall–Kier alpha value is -4.40. The molecule has 0 radical (unpaired) electrons. The number of hydrogen-bond donors (Lipinski definition) is 3. The number of methoxy groups -OCH3 is 1. The lowest BCUT2D eigenvalue weighted by molar-refractivity contribution is 0.196. The van der Waals surface area contributed by atoms with E-state index >= 15 is 0 Å². The standard InChI is InChI=1S/C30H36N8O3/c1-4-37(5-2)14-11-21-16-22-17-32-30(35-24-8-6-23(7-9-24)34-25-10-13-31-18-25)36-28(22)38(29(21)39)19-26-27(12-15-40-3)41-20-33-26/h6-9,16-17,20,25,31,34H,4-5,10,12-13,15,18-19H2,1-3H3,(H,32,35,36). The fourth-order valence-corrected chi connectivity index (χ4v) is 4.74. The Kier molecular flexibility index (Phi) is 9.13. The highest BCUT2D eigenvalue weighted by atomic mass is 16.5. The highest BCUT2D eigenvalue weighted by molar-refractivity contribution is 5.77. The summed E-state index contributed by atoms with van der Waals surface area (Å²) in [6, 6.07) is 13.3. The number of ether oxygens (including phenoxy) is 1. The van der Waals surface area contributed by atoms with Gasteiger partial charge in [0.2, 0.25) is 5.95 Å². The molecule has 0 aliphatic carbocycles. The van der Waals surface area contributed by atoms with E-state index in [9.17, 15) is 4.79 Å². The average Bonchev–Trinajstić information content (AvgIpc) is 3.67. The molecule has 0 amide bonds. The van der Waals surface area contributed by atoms with Crippen molar-refractivity contribution >= 4 is 28.4 Å². The van der Waals surface area contributed by atoms with Gasteiger partial charge in [-0.25, -0.2) is 9.97 Å². The van der Waals surface area contributed by atoms with E-state index < -0.39 is 0 Å². The fourth-order valence-electron chi connectivity index (χ4n) is 4.74. The minimum atomic E-state index is -0.251. The van der Waals surface area contributed by atoms with Gasteiger partial charge in [0.15, 0.2) is 6.39 Å². The van der Waals surface area contributed by atoms with Crippen LogP contribution in [0.1, 0.15) is 37.3 Å². The molecular weight excluding hydrogens is 520 g/mol. The first-order chi connectivity index (χ1) is 20.1. The molecule has 1 fully saturated rings. The number of oxazole rings is 1. The predicted octanol–water partition coefficient (Wildman–Crippen LogP) is 3.18. The number of nitrogens with zero attached hydrogens (tertiary/aromatic N) is 5. The Labute approximate surface area is 239 Å². The molecule has 4 heterocycles. The number of anilines is 3. The van der Waals surface area contributed by atoms with E-state index in [1.54, 1.807) is 23.9 Å². The molecule has 1 saturated heterocycles. The Bertz CT molecular complexity index is 1580. The quantitative estimate of drug-likeness (QED) is 0.188. The van der Waals surface area contributed by atoms with Gasteiger partial charge in [-0.15, -0.1) is 0 Å². The van der Waals surface area contributed by atoms with E-state index in [0.29, 0.717) is 53.1 Å². The molecular formula is C30H36N8O3. The largest absolute Gasteiger partial charge is 0.448 e. The first-order valence-electron chi connectivity index (χ1n) is 14.0. The molecule has 214 valence electrons. The minimum Gasteiger partial charge on any atom is -0.448 e. The van der Waals surface area contributed by atoms with E-state index in [2.05, 4.69) is 37.9 Å². The van der Waals surface area contributed by atoms with Crippen LogP contribution in [-0.2, 0) is 17.7 Å². The lowest BCUT2D eigenvalue weighted by atomic mass is 10.2. The number of hydrogen-bond acceptors (Lipinski definition) is 10. The second kappa shape index (κ2) is 13.3. The second-order valence-electron chi connectivity index (χ2n) is 9.83. The van der Waals surface area contributed by atoms with Crippen molar-refractivity contribution in [3.05, 3.63) is 70.3 Å². The molecule has 1 atom stereocenters. The third kappa shape index (κ3) is 6.85. The van der Waals surface area contributed by atoms with Crippen LogP contribution in [0.15, 0.2) is 52.1 Å². The van der Waals surface area contributed by atoms with Crippen molar-refractivity contribution in [1.29, 1.82) is 0 Å². The van der Waals surface area contributed by atoms with E-state index in [4.69, 9.17) is 14.1 Å². The van der Waals surface area contributed by atoms with E-state index in [1.807, 2.05) is 43.0 Å². The Morgan fingerprint density at radius 1 is 1.20 bits per heavy atom. The van der Waals surface area contributed by atoms with E-state index in [0.717, 1.165) is 44.0 Å². The van der Waals surface area contributed by atoms with Crippen LogP contribution in [0.25, 0.3) is 11.0 Å². The molecule has 0 spiro atoms. The fraction of sp³-hybridized carbons (Fsp3) is 0.400. The van der Waals surface area contributed by atoms with Crippen LogP contribution < -0.4 is 21.5 Å². The number of benzene rings is 1. The lowest BCUT2D eigenvalue weighted by Crippen LogP contribution is -2.25. The van der Waals surface area contributed by atoms with Gasteiger partial charge < -0.3 is 30.0 Å². The Morgan fingerprint density at radius 3 is 2.73 bits per heavy atom. The number of nitrogens with one attached hydrogen (secondary N) is 3. The predicted molar refractivity (Wildman–Crippen MR) is 159 cm³/mol. The van der Waals surface area contributed by atoms with Gasteiger partial charge in [-0.05, 0) is 63.1 Å². The van der Waals surface area contributed by atoms with E-state index in [-0.39, 0.29) is 12.1 Å². The molecule has 1 aliphatic heterocycles. The average molecular weight is 557 g/mol.